The SMILES string of the molecule is C[C@H]1CCc2c(sc3c2c2nnnn2c2nnnn32)C1. The Kier molecular flexibility index (Phi) is 1.85. The fourth-order valence-electron chi connectivity index (χ4n) is 3.04. The van der Waals surface area contributed by atoms with E-state index in [1.807, 2.05) is 0 Å². The fourth-order valence-corrected chi connectivity index (χ4v) is 4.49. The number of fused-ring (bicyclic) bond motifs is 8. The maximum Gasteiger partial charge on any atom is 0.279 e. The average Bonchev–Trinajstić information content (AvgIpc) is 3.14. The lowest BCUT2D eigenvalue weighted by Crippen LogP contribution is -2.08. The molecule has 0 bridgehead atoms. The first-order valence-corrected chi connectivity index (χ1v) is 7.37. The van der Waals surface area contributed by atoms with Gasteiger partial charge in [0.25, 0.3) is 5.78 Å². The van der Waals surface area contributed by atoms with Crippen LogP contribution in [0.3, 0.4) is 0 Å². The van der Waals surface area contributed by atoms with Crippen molar-refractivity contribution in [2.45, 2.75) is 26.2 Å². The number of tetrazole rings is 2. The van der Waals surface area contributed by atoms with Crippen LogP contribution in [0.25, 0.3) is 21.6 Å². The molecule has 9 heteroatoms. The minimum atomic E-state index is 0.559. The van der Waals surface area contributed by atoms with Crippen molar-refractivity contribution >= 4 is 33.0 Å². The molecule has 0 N–H and O–H groups in total. The van der Waals surface area contributed by atoms with E-state index in [1.165, 1.54) is 16.9 Å². The van der Waals surface area contributed by atoms with Gasteiger partial charge in [-0.05, 0) is 51.6 Å². The molecule has 5 rings (SSSR count). The van der Waals surface area contributed by atoms with Crippen LogP contribution < -0.4 is 0 Å². The third kappa shape index (κ3) is 1.16. The Morgan fingerprint density at radius 3 is 2.95 bits per heavy atom. The number of aryl methyl sites for hydroxylation is 1. The summed E-state index contributed by atoms with van der Waals surface area (Å²) in [6.07, 6.45) is 3.40. The van der Waals surface area contributed by atoms with Crippen LogP contribution in [0, 0.1) is 5.92 Å². The maximum atomic E-state index is 4.18. The number of hydrogen-bond acceptors (Lipinski definition) is 7. The molecule has 0 saturated carbocycles. The Morgan fingerprint density at radius 1 is 1.15 bits per heavy atom. The Hall–Kier alpha value is -2.16. The third-order valence-corrected chi connectivity index (χ3v) is 5.25. The van der Waals surface area contributed by atoms with Crippen molar-refractivity contribution in [3.63, 3.8) is 0 Å². The highest BCUT2D eigenvalue weighted by molar-refractivity contribution is 7.19. The van der Waals surface area contributed by atoms with Gasteiger partial charge >= 0.3 is 0 Å². The van der Waals surface area contributed by atoms with Gasteiger partial charge in [0.15, 0.2) is 5.65 Å². The van der Waals surface area contributed by atoms with E-state index in [4.69, 9.17) is 0 Å². The maximum absolute atomic E-state index is 4.18. The van der Waals surface area contributed by atoms with E-state index >= 15 is 0 Å². The number of nitrogens with zero attached hydrogens (tertiary/aromatic N) is 8. The third-order valence-electron chi connectivity index (χ3n) is 4.02. The van der Waals surface area contributed by atoms with Crippen LogP contribution >= 0.6 is 11.3 Å². The first kappa shape index (κ1) is 10.6. The molecule has 4 aromatic rings. The summed E-state index contributed by atoms with van der Waals surface area (Å²) in [5.41, 5.74) is 2.13. The van der Waals surface area contributed by atoms with Crippen molar-refractivity contribution < 1.29 is 0 Å². The monoisotopic (exact) mass is 286 g/mol. The van der Waals surface area contributed by atoms with E-state index in [1.54, 1.807) is 20.4 Å². The highest BCUT2D eigenvalue weighted by Gasteiger charge is 2.25. The summed E-state index contributed by atoms with van der Waals surface area (Å²) in [6, 6.07) is 0. The second-order valence-corrected chi connectivity index (χ2v) is 6.42. The molecule has 1 atom stereocenters. The Morgan fingerprint density at radius 2 is 2.00 bits per heavy atom. The second kappa shape index (κ2) is 3.48. The van der Waals surface area contributed by atoms with Crippen LogP contribution in [0.4, 0.5) is 0 Å². The summed E-state index contributed by atoms with van der Waals surface area (Å²) in [7, 11) is 0. The summed E-state index contributed by atoms with van der Waals surface area (Å²) in [5, 5.41) is 24.9. The molecule has 0 saturated heterocycles. The van der Waals surface area contributed by atoms with Gasteiger partial charge in [0.1, 0.15) is 4.83 Å². The molecule has 0 amide bonds. The first-order chi connectivity index (χ1) is 9.83. The summed E-state index contributed by atoms with van der Waals surface area (Å²) >= 11 is 1.77. The van der Waals surface area contributed by atoms with Gasteiger partial charge in [0.05, 0.1) is 5.39 Å². The van der Waals surface area contributed by atoms with Crippen molar-refractivity contribution in [3.05, 3.63) is 10.4 Å². The largest absolute Gasteiger partial charge is 0.279 e. The molecule has 0 aromatic carbocycles. The Balaban J connectivity index is 2.05. The quantitative estimate of drug-likeness (QED) is 0.477. The van der Waals surface area contributed by atoms with Crippen molar-refractivity contribution in [3.8, 4) is 0 Å². The molecule has 0 spiro atoms. The van der Waals surface area contributed by atoms with Gasteiger partial charge in [-0.3, -0.25) is 0 Å². The van der Waals surface area contributed by atoms with Gasteiger partial charge in [-0.25, -0.2) is 0 Å². The van der Waals surface area contributed by atoms with Gasteiger partial charge in [0, 0.05) is 4.88 Å². The van der Waals surface area contributed by atoms with Crippen molar-refractivity contribution in [2.75, 3.05) is 0 Å². The normalized spacial score (nSPS) is 19.1. The molecule has 0 radical (unpaired) electrons. The van der Waals surface area contributed by atoms with Crippen LogP contribution in [-0.4, -0.2) is 40.1 Å². The second-order valence-electron chi connectivity index (χ2n) is 5.34. The van der Waals surface area contributed by atoms with E-state index in [0.29, 0.717) is 5.78 Å². The topological polar surface area (TPSA) is 86.2 Å². The standard InChI is InChI=1S/C11H10N8S/c1-5-2-3-6-7(4-5)20-10-8(6)9-12-14-16-18(9)11-13-15-17-19(10)11/h5H,2-4H2,1H3/t5-/m0/s1. The van der Waals surface area contributed by atoms with E-state index in [9.17, 15) is 0 Å². The van der Waals surface area contributed by atoms with Gasteiger partial charge in [-0.1, -0.05) is 12.0 Å². The van der Waals surface area contributed by atoms with Crippen molar-refractivity contribution in [1.82, 2.24) is 40.1 Å². The summed E-state index contributed by atoms with van der Waals surface area (Å²) < 4.78 is 3.36. The van der Waals surface area contributed by atoms with Gasteiger partial charge in [-0.15, -0.1) is 16.4 Å². The van der Waals surface area contributed by atoms with Gasteiger partial charge in [-0.2, -0.15) is 9.03 Å². The van der Waals surface area contributed by atoms with Crippen LogP contribution in [-0.2, 0) is 12.8 Å². The minimum Gasteiger partial charge on any atom is -0.166 e. The summed E-state index contributed by atoms with van der Waals surface area (Å²) in [5.74, 6) is 1.29. The number of hydrogen-bond donors (Lipinski definition) is 0. The average molecular weight is 286 g/mol. The molecular formula is C11H10N8S. The van der Waals surface area contributed by atoms with Gasteiger partial charge < -0.3 is 0 Å². The molecule has 20 heavy (non-hydrogen) atoms. The molecule has 4 aromatic heterocycles. The lowest BCUT2D eigenvalue weighted by Gasteiger charge is -2.17. The highest BCUT2D eigenvalue weighted by atomic mass is 32.1. The summed E-state index contributed by atoms with van der Waals surface area (Å²) in [4.78, 5) is 2.47. The molecule has 4 heterocycles. The minimum absolute atomic E-state index is 0.559. The molecule has 0 aliphatic heterocycles. The predicted octanol–water partition coefficient (Wildman–Crippen LogP) is 0.901. The molecule has 1 aliphatic carbocycles. The Labute approximate surface area is 116 Å². The molecule has 8 nitrogen and oxygen atoms in total. The van der Waals surface area contributed by atoms with E-state index in [2.05, 4.69) is 38.0 Å². The molecule has 0 unspecified atom stereocenters. The Bertz CT molecular complexity index is 963. The first-order valence-electron chi connectivity index (χ1n) is 6.55. The summed E-state index contributed by atoms with van der Waals surface area (Å²) in [6.45, 7) is 2.30. The van der Waals surface area contributed by atoms with Crippen molar-refractivity contribution in [2.24, 2.45) is 5.92 Å². The highest BCUT2D eigenvalue weighted by Crippen LogP contribution is 2.39. The molecule has 0 fully saturated rings. The van der Waals surface area contributed by atoms with E-state index in [0.717, 1.165) is 34.6 Å². The zero-order chi connectivity index (χ0) is 13.3. The number of rotatable bonds is 0. The van der Waals surface area contributed by atoms with Crippen LogP contribution in [0.5, 0.6) is 0 Å². The van der Waals surface area contributed by atoms with Gasteiger partial charge in [0.2, 0.25) is 0 Å². The fraction of sp³-hybridized carbons (Fsp3) is 0.455. The van der Waals surface area contributed by atoms with E-state index in [-0.39, 0.29) is 0 Å². The van der Waals surface area contributed by atoms with Crippen LogP contribution in [0.1, 0.15) is 23.8 Å². The van der Waals surface area contributed by atoms with Crippen LogP contribution in [0.15, 0.2) is 0 Å². The zero-order valence-electron chi connectivity index (χ0n) is 10.7. The lowest BCUT2D eigenvalue weighted by atomic mass is 9.89. The molecule has 100 valence electrons. The van der Waals surface area contributed by atoms with E-state index < -0.39 is 0 Å². The molecule has 1 aliphatic rings. The predicted molar refractivity (Wildman–Crippen MR) is 71.7 cm³/mol. The molecular weight excluding hydrogens is 276 g/mol. The smallest absolute Gasteiger partial charge is 0.166 e. The number of aromatic nitrogens is 8. The van der Waals surface area contributed by atoms with Crippen molar-refractivity contribution in [1.29, 1.82) is 0 Å². The zero-order valence-corrected chi connectivity index (χ0v) is 11.5. The van der Waals surface area contributed by atoms with Crippen LogP contribution in [0.2, 0.25) is 0 Å². The number of thiophene rings is 1. The lowest BCUT2D eigenvalue weighted by molar-refractivity contribution is 0.509.